The van der Waals surface area contributed by atoms with Crippen LogP contribution in [-0.2, 0) is 9.59 Å². The lowest BCUT2D eigenvalue weighted by Crippen LogP contribution is -2.25. The molecule has 188 valence electrons. The van der Waals surface area contributed by atoms with Gasteiger partial charge in [-0.25, -0.2) is 0 Å². The third-order valence-electron chi connectivity index (χ3n) is 6.05. The minimum atomic E-state index is -0.171. The summed E-state index contributed by atoms with van der Waals surface area (Å²) in [4.78, 5) is 23.6. The van der Waals surface area contributed by atoms with E-state index in [-0.39, 0.29) is 11.8 Å². The van der Waals surface area contributed by atoms with E-state index in [0.29, 0.717) is 13.1 Å². The Morgan fingerprint density at radius 3 is 0.969 bits per heavy atom. The number of unbranched alkanes of at least 4 members (excludes halogenated alkanes) is 18. The van der Waals surface area contributed by atoms with E-state index >= 15 is 0 Å². The number of rotatable bonds is 24. The Labute approximate surface area is 199 Å². The summed E-state index contributed by atoms with van der Waals surface area (Å²) in [5.74, 6) is -0.343. The van der Waals surface area contributed by atoms with Crippen LogP contribution in [0.1, 0.15) is 142 Å². The Bertz CT molecular complexity index is 409. The van der Waals surface area contributed by atoms with Crippen molar-refractivity contribution in [3.8, 4) is 0 Å². The maximum atomic E-state index is 11.8. The molecule has 0 aliphatic carbocycles. The first-order valence-corrected chi connectivity index (χ1v) is 13.9. The summed E-state index contributed by atoms with van der Waals surface area (Å²) in [6, 6.07) is 0. The molecule has 0 saturated carbocycles. The van der Waals surface area contributed by atoms with E-state index in [4.69, 9.17) is 0 Å². The van der Waals surface area contributed by atoms with Crippen LogP contribution in [-0.4, -0.2) is 24.9 Å². The van der Waals surface area contributed by atoms with E-state index in [1.54, 1.807) is 0 Å². The van der Waals surface area contributed by atoms with Gasteiger partial charge in [-0.3, -0.25) is 9.59 Å². The van der Waals surface area contributed by atoms with Crippen molar-refractivity contribution >= 4 is 11.8 Å². The van der Waals surface area contributed by atoms with Gasteiger partial charge in [0.05, 0.1) is 0 Å². The molecule has 0 saturated heterocycles. The molecule has 0 aromatic heterocycles. The third kappa shape index (κ3) is 24.9. The van der Waals surface area contributed by atoms with Crippen LogP contribution in [0.5, 0.6) is 0 Å². The molecule has 2 N–H and O–H groups in total. The predicted molar refractivity (Wildman–Crippen MR) is 139 cm³/mol. The summed E-state index contributed by atoms with van der Waals surface area (Å²) >= 11 is 0. The smallest absolute Gasteiger partial charge is 0.244 e. The van der Waals surface area contributed by atoms with Crippen LogP contribution >= 0.6 is 0 Å². The Balaban J connectivity index is 3.39. The molecule has 0 aliphatic rings. The van der Waals surface area contributed by atoms with E-state index in [2.05, 4.69) is 24.5 Å². The van der Waals surface area contributed by atoms with Gasteiger partial charge in [-0.15, -0.1) is 0 Å². The monoisotopic (exact) mass is 450 g/mol. The molecule has 2 amide bonds. The molecule has 0 aromatic carbocycles. The molecule has 4 nitrogen and oxygen atoms in total. The highest BCUT2D eigenvalue weighted by molar-refractivity contribution is 5.96. The van der Waals surface area contributed by atoms with Crippen LogP contribution in [0.15, 0.2) is 12.2 Å². The van der Waals surface area contributed by atoms with Crippen LogP contribution in [0.4, 0.5) is 0 Å². The van der Waals surface area contributed by atoms with E-state index in [0.717, 1.165) is 25.7 Å². The van der Waals surface area contributed by atoms with E-state index < -0.39 is 0 Å². The number of amides is 2. The highest BCUT2D eigenvalue weighted by Gasteiger charge is 1.99. The van der Waals surface area contributed by atoms with Gasteiger partial charge >= 0.3 is 0 Å². The van der Waals surface area contributed by atoms with Gasteiger partial charge in [-0.1, -0.05) is 129 Å². The number of carbonyl (C=O) groups is 2. The molecule has 0 atom stereocenters. The summed E-state index contributed by atoms with van der Waals surface area (Å²) in [6.07, 6.45) is 28.5. The van der Waals surface area contributed by atoms with Crippen LogP contribution < -0.4 is 10.6 Å². The van der Waals surface area contributed by atoms with Crippen molar-refractivity contribution < 1.29 is 9.59 Å². The van der Waals surface area contributed by atoms with Crippen LogP contribution in [0.2, 0.25) is 0 Å². The van der Waals surface area contributed by atoms with Gasteiger partial charge in [0.1, 0.15) is 0 Å². The molecule has 0 radical (unpaired) electrons. The highest BCUT2D eigenvalue weighted by atomic mass is 16.2. The maximum absolute atomic E-state index is 11.8. The third-order valence-corrected chi connectivity index (χ3v) is 6.05. The van der Waals surface area contributed by atoms with Gasteiger partial charge < -0.3 is 10.6 Å². The lowest BCUT2D eigenvalue weighted by molar-refractivity contribution is -0.118. The molecular weight excluding hydrogens is 396 g/mol. The lowest BCUT2D eigenvalue weighted by Gasteiger charge is -2.04. The summed E-state index contributed by atoms with van der Waals surface area (Å²) in [5.41, 5.74) is 0. The predicted octanol–water partition coefficient (Wildman–Crippen LogP) is 7.62. The van der Waals surface area contributed by atoms with Crippen LogP contribution in [0, 0.1) is 0 Å². The summed E-state index contributed by atoms with van der Waals surface area (Å²) in [6.45, 7) is 5.90. The Morgan fingerprint density at radius 2 is 0.688 bits per heavy atom. The summed E-state index contributed by atoms with van der Waals surface area (Å²) in [7, 11) is 0. The number of hydrogen-bond acceptors (Lipinski definition) is 2. The SMILES string of the molecule is CCCCCCCCCCCCNC(=O)C=CC(=O)NCCCCCCCCCCCC. The second-order valence-corrected chi connectivity index (χ2v) is 9.28. The minimum Gasteiger partial charge on any atom is -0.353 e. The Hall–Kier alpha value is -1.32. The molecule has 0 rings (SSSR count). The van der Waals surface area contributed by atoms with Crippen molar-refractivity contribution in [1.82, 2.24) is 10.6 Å². The average molecular weight is 451 g/mol. The van der Waals surface area contributed by atoms with E-state index in [1.165, 1.54) is 115 Å². The molecule has 0 heterocycles. The zero-order valence-corrected chi connectivity index (χ0v) is 21.5. The molecule has 0 fully saturated rings. The van der Waals surface area contributed by atoms with Crippen molar-refractivity contribution in [2.45, 2.75) is 142 Å². The average Bonchev–Trinajstić information content (AvgIpc) is 2.79. The standard InChI is InChI=1S/C28H54N2O2/c1-3-5-7-9-11-13-15-17-19-21-25-29-27(31)23-24-28(32)30-26-22-20-18-16-14-12-10-8-6-4-2/h23-24H,3-22,25-26H2,1-2H3,(H,29,31)(H,30,32). The van der Waals surface area contributed by atoms with Gasteiger partial charge in [0.25, 0.3) is 0 Å². The highest BCUT2D eigenvalue weighted by Crippen LogP contribution is 2.11. The molecule has 4 heteroatoms. The maximum Gasteiger partial charge on any atom is 0.244 e. The fourth-order valence-corrected chi connectivity index (χ4v) is 3.92. The zero-order chi connectivity index (χ0) is 23.5. The van der Waals surface area contributed by atoms with Gasteiger partial charge in [0, 0.05) is 25.2 Å². The summed E-state index contributed by atoms with van der Waals surface area (Å²) in [5, 5.41) is 5.74. The van der Waals surface area contributed by atoms with Gasteiger partial charge in [0.15, 0.2) is 0 Å². The van der Waals surface area contributed by atoms with Crippen LogP contribution in [0.25, 0.3) is 0 Å². The van der Waals surface area contributed by atoms with Crippen LogP contribution in [0.3, 0.4) is 0 Å². The first kappa shape index (κ1) is 30.7. The second kappa shape index (κ2) is 25.9. The largest absolute Gasteiger partial charge is 0.353 e. The quantitative estimate of drug-likeness (QED) is 0.117. The number of hydrogen-bond donors (Lipinski definition) is 2. The molecular formula is C28H54N2O2. The summed E-state index contributed by atoms with van der Waals surface area (Å²) < 4.78 is 0. The van der Waals surface area contributed by atoms with E-state index in [9.17, 15) is 9.59 Å². The van der Waals surface area contributed by atoms with Gasteiger partial charge in [0.2, 0.25) is 11.8 Å². The Kier molecular flexibility index (Phi) is 24.9. The van der Waals surface area contributed by atoms with Crippen molar-refractivity contribution in [3.05, 3.63) is 12.2 Å². The van der Waals surface area contributed by atoms with Crippen molar-refractivity contribution in [2.24, 2.45) is 0 Å². The zero-order valence-electron chi connectivity index (χ0n) is 21.5. The van der Waals surface area contributed by atoms with Crippen molar-refractivity contribution in [1.29, 1.82) is 0 Å². The molecule has 0 spiro atoms. The van der Waals surface area contributed by atoms with Crippen molar-refractivity contribution in [2.75, 3.05) is 13.1 Å². The topological polar surface area (TPSA) is 58.2 Å². The van der Waals surface area contributed by atoms with Gasteiger partial charge in [-0.05, 0) is 12.8 Å². The fraction of sp³-hybridized carbons (Fsp3) is 0.857. The number of nitrogens with one attached hydrogen (secondary N) is 2. The Morgan fingerprint density at radius 1 is 0.438 bits per heavy atom. The van der Waals surface area contributed by atoms with Crippen molar-refractivity contribution in [3.63, 3.8) is 0 Å². The lowest BCUT2D eigenvalue weighted by atomic mass is 10.1. The first-order valence-electron chi connectivity index (χ1n) is 13.9. The van der Waals surface area contributed by atoms with Gasteiger partial charge in [-0.2, -0.15) is 0 Å². The minimum absolute atomic E-state index is 0.171. The fourth-order valence-electron chi connectivity index (χ4n) is 3.92. The normalized spacial score (nSPS) is 11.2. The van der Waals surface area contributed by atoms with E-state index in [1.807, 2.05) is 0 Å². The molecule has 32 heavy (non-hydrogen) atoms. The molecule has 0 aromatic rings. The first-order chi connectivity index (χ1) is 15.7. The molecule has 0 unspecified atom stereocenters. The molecule has 0 aliphatic heterocycles. The molecule has 0 bridgehead atoms. The second-order valence-electron chi connectivity index (χ2n) is 9.28. The number of carbonyl (C=O) groups excluding carboxylic acids is 2.